The molecule has 0 saturated carbocycles. The number of carbonyl (C=O) groups excluding carboxylic acids is 1. The molecule has 0 aromatic carbocycles. The molecule has 5 nitrogen and oxygen atoms in total. The number of rotatable bonds is 5. The Labute approximate surface area is 110 Å². The molecule has 1 N–H and O–H groups in total. The summed E-state index contributed by atoms with van der Waals surface area (Å²) in [6.45, 7) is 6.59. The number of nitrogens with one attached hydrogen (secondary N) is 1. The van der Waals surface area contributed by atoms with E-state index in [2.05, 4.69) is 17.1 Å². The Morgan fingerprint density at radius 1 is 1.50 bits per heavy atom. The van der Waals surface area contributed by atoms with Gasteiger partial charge in [-0.1, -0.05) is 6.92 Å². The van der Waals surface area contributed by atoms with Crippen LogP contribution in [0, 0.1) is 5.92 Å². The second kappa shape index (κ2) is 6.50. The van der Waals surface area contributed by atoms with Gasteiger partial charge < -0.3 is 14.8 Å². The summed E-state index contributed by atoms with van der Waals surface area (Å²) in [5, 5.41) is 3.06. The predicted octanol–water partition coefficient (Wildman–Crippen LogP) is 0.494. The third-order valence-electron chi connectivity index (χ3n) is 4.00. The third-order valence-corrected chi connectivity index (χ3v) is 4.00. The monoisotopic (exact) mass is 258 g/mol. The van der Waals surface area contributed by atoms with Crippen LogP contribution in [0.5, 0.6) is 0 Å². The number of hydrogen-bond donors (Lipinski definition) is 1. The van der Waals surface area contributed by atoms with Crippen molar-refractivity contribution in [2.24, 2.45) is 5.92 Å². The first-order chi connectivity index (χ1) is 8.46. The van der Waals surface area contributed by atoms with Gasteiger partial charge in [-0.05, 0) is 32.9 Å². The number of methoxy groups -OCH3 is 2. The first-order valence-electron chi connectivity index (χ1n) is 6.49. The Morgan fingerprint density at radius 3 is 2.67 bits per heavy atom. The highest BCUT2D eigenvalue weighted by Gasteiger charge is 2.37. The normalized spacial score (nSPS) is 28.7. The van der Waals surface area contributed by atoms with Crippen molar-refractivity contribution in [3.05, 3.63) is 0 Å². The van der Waals surface area contributed by atoms with Gasteiger partial charge in [0.15, 0.2) is 0 Å². The zero-order chi connectivity index (χ0) is 13.8. The number of likely N-dealkylation sites (N-methyl/N-ethyl adjacent to an activating group) is 1. The van der Waals surface area contributed by atoms with Gasteiger partial charge in [0.2, 0.25) is 0 Å². The fraction of sp³-hybridized carbons (Fsp3) is 0.923. The van der Waals surface area contributed by atoms with Gasteiger partial charge in [-0.15, -0.1) is 0 Å². The van der Waals surface area contributed by atoms with E-state index in [0.717, 1.165) is 19.5 Å². The van der Waals surface area contributed by atoms with Crippen LogP contribution in [0.15, 0.2) is 0 Å². The summed E-state index contributed by atoms with van der Waals surface area (Å²) in [6, 6.07) is 0. The van der Waals surface area contributed by atoms with Crippen LogP contribution >= 0.6 is 0 Å². The molecule has 0 radical (unpaired) electrons. The molecule has 3 atom stereocenters. The molecule has 18 heavy (non-hydrogen) atoms. The molecule has 5 heteroatoms. The first-order valence-corrected chi connectivity index (χ1v) is 6.49. The largest absolute Gasteiger partial charge is 0.468 e. The summed E-state index contributed by atoms with van der Waals surface area (Å²) in [6.07, 6.45) is 1.34. The summed E-state index contributed by atoms with van der Waals surface area (Å²) in [4.78, 5) is 14.1. The van der Waals surface area contributed by atoms with Gasteiger partial charge in [0.25, 0.3) is 0 Å². The van der Waals surface area contributed by atoms with Gasteiger partial charge in [0.1, 0.15) is 5.54 Å². The Bertz CT molecular complexity index is 285. The number of likely N-dealkylation sites (tertiary alicyclic amines) is 1. The number of ether oxygens (including phenoxy) is 2. The maximum atomic E-state index is 11.8. The maximum absolute atomic E-state index is 11.8. The fourth-order valence-electron chi connectivity index (χ4n) is 2.47. The summed E-state index contributed by atoms with van der Waals surface area (Å²) in [5.74, 6) is 0.350. The van der Waals surface area contributed by atoms with Crippen LogP contribution < -0.4 is 5.32 Å². The zero-order valence-electron chi connectivity index (χ0n) is 12.2. The molecule has 0 aliphatic carbocycles. The highest BCUT2D eigenvalue weighted by atomic mass is 16.5. The molecule has 1 rings (SSSR count). The number of nitrogens with zero attached hydrogens (tertiary/aromatic N) is 1. The first kappa shape index (κ1) is 15.4. The van der Waals surface area contributed by atoms with Crippen molar-refractivity contribution in [2.75, 3.05) is 40.9 Å². The van der Waals surface area contributed by atoms with E-state index in [1.807, 2.05) is 6.92 Å². The van der Waals surface area contributed by atoms with Crippen LogP contribution in [-0.4, -0.2) is 63.4 Å². The molecule has 0 bridgehead atoms. The molecule has 1 heterocycles. The highest BCUT2D eigenvalue weighted by Crippen LogP contribution is 2.21. The van der Waals surface area contributed by atoms with Crippen LogP contribution in [-0.2, 0) is 14.3 Å². The maximum Gasteiger partial charge on any atom is 0.327 e. The molecule has 106 valence electrons. The lowest BCUT2D eigenvalue weighted by Gasteiger charge is -2.40. The van der Waals surface area contributed by atoms with Crippen molar-refractivity contribution >= 4 is 5.97 Å². The van der Waals surface area contributed by atoms with Gasteiger partial charge in [0, 0.05) is 20.2 Å². The van der Waals surface area contributed by atoms with Gasteiger partial charge in [-0.2, -0.15) is 0 Å². The Kier molecular flexibility index (Phi) is 5.56. The summed E-state index contributed by atoms with van der Waals surface area (Å²) >= 11 is 0. The zero-order valence-corrected chi connectivity index (χ0v) is 12.2. The van der Waals surface area contributed by atoms with Crippen LogP contribution in [0.2, 0.25) is 0 Å². The van der Waals surface area contributed by atoms with Crippen molar-refractivity contribution in [3.8, 4) is 0 Å². The number of carbonyl (C=O) groups is 1. The van der Waals surface area contributed by atoms with E-state index in [9.17, 15) is 4.79 Å². The second-order valence-corrected chi connectivity index (χ2v) is 5.35. The molecule has 0 spiro atoms. The van der Waals surface area contributed by atoms with E-state index in [0.29, 0.717) is 12.5 Å². The van der Waals surface area contributed by atoms with Gasteiger partial charge in [0.05, 0.1) is 13.2 Å². The fourth-order valence-corrected chi connectivity index (χ4v) is 2.47. The number of hydrogen-bond acceptors (Lipinski definition) is 5. The Hall–Kier alpha value is -0.650. The minimum absolute atomic E-state index is 0.224. The molecule has 1 fully saturated rings. The van der Waals surface area contributed by atoms with Crippen LogP contribution in [0.25, 0.3) is 0 Å². The van der Waals surface area contributed by atoms with Crippen molar-refractivity contribution < 1.29 is 14.3 Å². The van der Waals surface area contributed by atoms with Gasteiger partial charge >= 0.3 is 5.97 Å². The van der Waals surface area contributed by atoms with Crippen molar-refractivity contribution in [2.45, 2.75) is 31.9 Å². The second-order valence-electron chi connectivity index (χ2n) is 5.35. The lowest BCUT2D eigenvalue weighted by molar-refractivity contribution is -0.149. The SMILES string of the molecule is CNC(C)(CN1CCC(C)C(OC)C1)C(=O)OC. The molecule has 0 amide bonds. The van der Waals surface area contributed by atoms with E-state index in [1.165, 1.54) is 7.11 Å². The summed E-state index contributed by atoms with van der Waals surface area (Å²) in [5.41, 5.74) is -0.659. The van der Waals surface area contributed by atoms with E-state index in [4.69, 9.17) is 9.47 Å². The smallest absolute Gasteiger partial charge is 0.327 e. The van der Waals surface area contributed by atoms with E-state index in [-0.39, 0.29) is 12.1 Å². The molecular formula is C13H26N2O3. The highest BCUT2D eigenvalue weighted by molar-refractivity contribution is 5.80. The van der Waals surface area contributed by atoms with Crippen LogP contribution in [0.1, 0.15) is 20.3 Å². The Balaban J connectivity index is 2.63. The Morgan fingerprint density at radius 2 is 2.17 bits per heavy atom. The topological polar surface area (TPSA) is 50.8 Å². The van der Waals surface area contributed by atoms with Crippen molar-refractivity contribution in [1.82, 2.24) is 10.2 Å². The van der Waals surface area contributed by atoms with Crippen LogP contribution in [0.4, 0.5) is 0 Å². The van der Waals surface area contributed by atoms with E-state index in [1.54, 1.807) is 14.2 Å². The molecule has 0 aromatic heterocycles. The average Bonchev–Trinajstić information content (AvgIpc) is 2.39. The summed E-state index contributed by atoms with van der Waals surface area (Å²) < 4.78 is 10.4. The lowest BCUT2D eigenvalue weighted by atomic mass is 9.93. The quantitative estimate of drug-likeness (QED) is 0.728. The molecular weight excluding hydrogens is 232 g/mol. The molecule has 3 unspecified atom stereocenters. The van der Waals surface area contributed by atoms with Gasteiger partial charge in [-0.25, -0.2) is 0 Å². The number of piperidine rings is 1. The van der Waals surface area contributed by atoms with E-state index < -0.39 is 5.54 Å². The molecule has 0 aromatic rings. The predicted molar refractivity (Wildman–Crippen MR) is 70.5 cm³/mol. The standard InChI is InChI=1S/C13H26N2O3/c1-10-6-7-15(8-11(10)17-4)9-13(2,14-3)12(16)18-5/h10-11,14H,6-9H2,1-5H3. The summed E-state index contributed by atoms with van der Waals surface area (Å²) in [7, 11) is 4.97. The third kappa shape index (κ3) is 3.43. The molecule has 1 aliphatic rings. The minimum atomic E-state index is -0.659. The average molecular weight is 258 g/mol. The number of esters is 1. The lowest BCUT2D eigenvalue weighted by Crippen LogP contribution is -2.58. The van der Waals surface area contributed by atoms with E-state index >= 15 is 0 Å². The van der Waals surface area contributed by atoms with Gasteiger partial charge in [-0.3, -0.25) is 9.69 Å². The molecule has 1 saturated heterocycles. The van der Waals surface area contributed by atoms with Crippen molar-refractivity contribution in [1.29, 1.82) is 0 Å². The van der Waals surface area contributed by atoms with Crippen LogP contribution in [0.3, 0.4) is 0 Å². The minimum Gasteiger partial charge on any atom is -0.468 e. The van der Waals surface area contributed by atoms with Crippen molar-refractivity contribution in [3.63, 3.8) is 0 Å². The molecule has 1 aliphatic heterocycles.